The van der Waals surface area contributed by atoms with E-state index in [2.05, 4.69) is 5.32 Å². The Hall–Kier alpha value is -1.13. The van der Waals surface area contributed by atoms with Gasteiger partial charge in [0.25, 0.3) is 0 Å². The van der Waals surface area contributed by atoms with E-state index in [-0.39, 0.29) is 16.6 Å². The molecular weight excluding hydrogens is 279 g/mol. The van der Waals surface area contributed by atoms with Gasteiger partial charge in [0.15, 0.2) is 0 Å². The highest BCUT2D eigenvalue weighted by atomic mass is 35.5. The minimum atomic E-state index is -0.869. The van der Waals surface area contributed by atoms with Gasteiger partial charge in [0.1, 0.15) is 11.9 Å². The number of carbonyl (C=O) groups excluding carboxylic acids is 1. The summed E-state index contributed by atoms with van der Waals surface area (Å²) in [5.74, 6) is -1.09. The lowest BCUT2D eigenvalue weighted by molar-refractivity contribution is -0.120. The van der Waals surface area contributed by atoms with Crippen molar-refractivity contribution >= 4 is 17.5 Å². The van der Waals surface area contributed by atoms with Crippen molar-refractivity contribution < 1.29 is 9.18 Å². The Bertz CT molecular complexity index is 453. The topological polar surface area (TPSA) is 55.1 Å². The number of primary amides is 1. The number of nitrogens with two attached hydrogens (primary N) is 1. The van der Waals surface area contributed by atoms with Gasteiger partial charge in [-0.15, -0.1) is 0 Å². The Labute approximate surface area is 123 Å². The number of amides is 1. The minimum absolute atomic E-state index is 0.158. The fraction of sp³-hybridized carbons (Fsp3) is 0.533. The second-order valence-electron chi connectivity index (χ2n) is 5.33. The number of carbonyl (C=O) groups is 1. The number of hydrogen-bond donors (Lipinski definition) is 2. The summed E-state index contributed by atoms with van der Waals surface area (Å²) in [5, 5.41) is 3.43. The van der Waals surface area contributed by atoms with Gasteiger partial charge in [0, 0.05) is 16.6 Å². The van der Waals surface area contributed by atoms with Crippen LogP contribution in [0.3, 0.4) is 0 Å². The van der Waals surface area contributed by atoms with Crippen molar-refractivity contribution in [2.45, 2.75) is 50.6 Å². The Morgan fingerprint density at radius 3 is 2.50 bits per heavy atom. The third-order valence-corrected chi connectivity index (χ3v) is 4.16. The molecule has 1 unspecified atom stereocenters. The van der Waals surface area contributed by atoms with E-state index < -0.39 is 17.8 Å². The quantitative estimate of drug-likeness (QED) is 0.838. The molecule has 1 atom stereocenters. The molecule has 0 aromatic heterocycles. The van der Waals surface area contributed by atoms with Crippen molar-refractivity contribution in [3.05, 3.63) is 34.6 Å². The number of rotatable bonds is 4. The van der Waals surface area contributed by atoms with Crippen LogP contribution in [0.4, 0.5) is 4.39 Å². The van der Waals surface area contributed by atoms with Crippen LogP contribution in [0, 0.1) is 5.82 Å². The van der Waals surface area contributed by atoms with Gasteiger partial charge in [-0.25, -0.2) is 4.39 Å². The summed E-state index contributed by atoms with van der Waals surface area (Å²) < 4.78 is 14.0. The molecule has 3 N–H and O–H groups in total. The molecule has 20 heavy (non-hydrogen) atoms. The molecule has 3 nitrogen and oxygen atoms in total. The lowest BCUT2D eigenvalue weighted by Gasteiger charge is -2.24. The summed E-state index contributed by atoms with van der Waals surface area (Å²) in [7, 11) is 0. The number of halogens is 2. The van der Waals surface area contributed by atoms with Gasteiger partial charge in [0.05, 0.1) is 0 Å². The molecule has 1 amide bonds. The van der Waals surface area contributed by atoms with Gasteiger partial charge in [-0.05, 0) is 25.0 Å². The Balaban J connectivity index is 2.20. The van der Waals surface area contributed by atoms with E-state index in [0.29, 0.717) is 0 Å². The number of nitrogens with one attached hydrogen (secondary N) is 1. The predicted molar refractivity (Wildman–Crippen MR) is 78.0 cm³/mol. The monoisotopic (exact) mass is 298 g/mol. The van der Waals surface area contributed by atoms with Crippen LogP contribution >= 0.6 is 11.6 Å². The molecule has 1 aliphatic carbocycles. The predicted octanol–water partition coefficient (Wildman–Crippen LogP) is 3.32. The van der Waals surface area contributed by atoms with Crippen LogP contribution in [0.1, 0.15) is 50.1 Å². The molecule has 1 aliphatic rings. The first-order valence-corrected chi connectivity index (χ1v) is 7.46. The highest BCUT2D eigenvalue weighted by Gasteiger charge is 2.27. The Kier molecular flexibility index (Phi) is 5.38. The summed E-state index contributed by atoms with van der Waals surface area (Å²) in [6.07, 6.45) is 6.62. The van der Waals surface area contributed by atoms with Crippen LogP contribution in [0.5, 0.6) is 0 Å². The van der Waals surface area contributed by atoms with Crippen molar-refractivity contribution in [3.8, 4) is 0 Å². The van der Waals surface area contributed by atoms with E-state index in [4.69, 9.17) is 17.3 Å². The molecule has 1 saturated carbocycles. The maximum atomic E-state index is 14.0. The molecule has 0 heterocycles. The molecule has 1 aromatic rings. The molecule has 1 fully saturated rings. The SMILES string of the molecule is NC(=O)C(NC1CCCCCC1)c1c(F)cccc1Cl. The lowest BCUT2D eigenvalue weighted by atomic mass is 10.0. The molecule has 110 valence electrons. The van der Waals surface area contributed by atoms with Gasteiger partial charge in [-0.2, -0.15) is 0 Å². The fourth-order valence-corrected chi connectivity index (χ4v) is 3.05. The van der Waals surface area contributed by atoms with Crippen LogP contribution in [0.15, 0.2) is 18.2 Å². The summed E-state index contributed by atoms with van der Waals surface area (Å²) in [6, 6.07) is 3.71. The fourth-order valence-electron chi connectivity index (χ4n) is 2.78. The molecule has 1 aromatic carbocycles. The van der Waals surface area contributed by atoms with Crippen molar-refractivity contribution in [1.82, 2.24) is 5.32 Å². The van der Waals surface area contributed by atoms with Crippen LogP contribution in [0.25, 0.3) is 0 Å². The smallest absolute Gasteiger partial charge is 0.239 e. The van der Waals surface area contributed by atoms with Crippen LogP contribution in [-0.4, -0.2) is 11.9 Å². The molecule has 0 spiro atoms. The van der Waals surface area contributed by atoms with Crippen LogP contribution in [-0.2, 0) is 4.79 Å². The van der Waals surface area contributed by atoms with E-state index in [1.807, 2.05) is 0 Å². The second-order valence-corrected chi connectivity index (χ2v) is 5.73. The zero-order valence-corrected chi connectivity index (χ0v) is 12.1. The van der Waals surface area contributed by atoms with E-state index in [9.17, 15) is 9.18 Å². The van der Waals surface area contributed by atoms with Crippen molar-refractivity contribution in [2.24, 2.45) is 5.73 Å². The standard InChI is InChI=1S/C15H20ClFN2O/c16-11-8-5-9-12(17)13(11)14(15(18)20)19-10-6-3-1-2-4-7-10/h5,8-10,14,19H,1-4,6-7H2,(H2,18,20). The average Bonchev–Trinajstić information content (AvgIpc) is 2.65. The van der Waals surface area contributed by atoms with Crippen molar-refractivity contribution in [1.29, 1.82) is 0 Å². The summed E-state index contributed by atoms with van der Waals surface area (Å²) >= 11 is 6.03. The Morgan fingerprint density at radius 2 is 1.95 bits per heavy atom. The highest BCUT2D eigenvalue weighted by Crippen LogP contribution is 2.28. The van der Waals surface area contributed by atoms with Crippen LogP contribution in [0.2, 0.25) is 5.02 Å². The van der Waals surface area contributed by atoms with Gasteiger partial charge in [-0.1, -0.05) is 43.4 Å². The van der Waals surface area contributed by atoms with Gasteiger partial charge in [-0.3, -0.25) is 10.1 Å². The lowest BCUT2D eigenvalue weighted by Crippen LogP contribution is -2.40. The maximum absolute atomic E-state index is 14.0. The zero-order chi connectivity index (χ0) is 14.5. The van der Waals surface area contributed by atoms with E-state index in [0.717, 1.165) is 25.7 Å². The van der Waals surface area contributed by atoms with Gasteiger partial charge >= 0.3 is 0 Å². The molecule has 2 rings (SSSR count). The normalized spacial score (nSPS) is 18.5. The first-order valence-electron chi connectivity index (χ1n) is 7.09. The van der Waals surface area contributed by atoms with Crippen molar-refractivity contribution in [3.63, 3.8) is 0 Å². The minimum Gasteiger partial charge on any atom is -0.368 e. The summed E-state index contributed by atoms with van der Waals surface area (Å²) in [4.78, 5) is 11.7. The van der Waals surface area contributed by atoms with E-state index >= 15 is 0 Å². The third-order valence-electron chi connectivity index (χ3n) is 3.83. The second kappa shape index (κ2) is 7.04. The first kappa shape index (κ1) is 15.3. The Morgan fingerprint density at radius 1 is 1.30 bits per heavy atom. The largest absolute Gasteiger partial charge is 0.368 e. The van der Waals surface area contributed by atoms with Crippen molar-refractivity contribution in [2.75, 3.05) is 0 Å². The summed E-state index contributed by atoms with van der Waals surface area (Å²) in [6.45, 7) is 0. The molecule has 0 bridgehead atoms. The number of hydrogen-bond acceptors (Lipinski definition) is 2. The zero-order valence-electron chi connectivity index (χ0n) is 11.4. The van der Waals surface area contributed by atoms with E-state index in [1.54, 1.807) is 6.07 Å². The van der Waals surface area contributed by atoms with Gasteiger partial charge < -0.3 is 5.73 Å². The van der Waals surface area contributed by atoms with Crippen LogP contribution < -0.4 is 11.1 Å². The molecule has 0 aliphatic heterocycles. The third kappa shape index (κ3) is 3.70. The number of benzene rings is 1. The van der Waals surface area contributed by atoms with Gasteiger partial charge in [0.2, 0.25) is 5.91 Å². The van der Waals surface area contributed by atoms with E-state index in [1.165, 1.54) is 25.0 Å². The molecule has 0 saturated heterocycles. The average molecular weight is 299 g/mol. The first-order chi connectivity index (χ1) is 9.59. The summed E-state index contributed by atoms with van der Waals surface area (Å²) in [5.41, 5.74) is 5.59. The highest BCUT2D eigenvalue weighted by molar-refractivity contribution is 6.31. The molecule has 5 heteroatoms. The molecule has 0 radical (unpaired) electrons. The molecular formula is C15H20ClFN2O. The maximum Gasteiger partial charge on any atom is 0.239 e.